The van der Waals surface area contributed by atoms with Crippen molar-refractivity contribution in [2.45, 2.75) is 25.5 Å². The molecule has 2 N–H and O–H groups in total. The lowest BCUT2D eigenvalue weighted by Crippen LogP contribution is -2.24. The minimum atomic E-state index is -0.276. The van der Waals surface area contributed by atoms with Gasteiger partial charge in [-0.2, -0.15) is 5.10 Å². The minimum Gasteiger partial charge on any atom is -0.351 e. The van der Waals surface area contributed by atoms with E-state index in [4.69, 9.17) is 0 Å². The summed E-state index contributed by atoms with van der Waals surface area (Å²) in [5, 5.41) is 8.01. The van der Waals surface area contributed by atoms with E-state index in [2.05, 4.69) is 20.4 Å². The zero-order valence-electron chi connectivity index (χ0n) is 16.7. The Labute approximate surface area is 177 Å². The maximum atomic E-state index is 12.4. The number of rotatable bonds is 6. The molecule has 0 aliphatic rings. The van der Waals surface area contributed by atoms with E-state index in [9.17, 15) is 9.59 Å². The number of fused-ring (bicyclic) bond motifs is 1. The molecule has 0 radical (unpaired) electrons. The molecule has 4 rings (SSSR count). The number of H-pyrrole nitrogens is 1. The predicted octanol–water partition coefficient (Wildman–Crippen LogP) is 3.13. The van der Waals surface area contributed by atoms with Crippen LogP contribution in [-0.2, 0) is 11.3 Å². The van der Waals surface area contributed by atoms with Crippen LogP contribution in [0.25, 0.3) is 16.7 Å². The van der Waals surface area contributed by atoms with Gasteiger partial charge < -0.3 is 10.3 Å². The van der Waals surface area contributed by atoms with Crippen molar-refractivity contribution in [3.8, 4) is 5.69 Å². The number of amides is 1. The van der Waals surface area contributed by atoms with E-state index in [1.807, 2.05) is 62.4 Å². The summed E-state index contributed by atoms with van der Waals surface area (Å²) in [5.41, 5.74) is 4.29. The molecule has 0 spiro atoms. The molecule has 1 amide bonds. The minimum absolute atomic E-state index is 0.129. The van der Waals surface area contributed by atoms with Gasteiger partial charge in [0.1, 0.15) is 5.39 Å². The molecule has 2 aromatic carbocycles. The van der Waals surface area contributed by atoms with Crippen LogP contribution in [0.2, 0.25) is 0 Å². The van der Waals surface area contributed by atoms with E-state index in [1.165, 1.54) is 23.5 Å². The van der Waals surface area contributed by atoms with Gasteiger partial charge in [-0.15, -0.1) is 0 Å². The highest BCUT2D eigenvalue weighted by atomic mass is 32.2. The number of benzene rings is 2. The van der Waals surface area contributed by atoms with Crippen LogP contribution in [0, 0.1) is 13.8 Å². The number of carbonyl (C=O) groups excluding carboxylic acids is 1. The standard InChI is InChI=1S/C22H21N5O2S/c1-14-7-9-16(10-8-14)11-23-19(28)13-30-22-25-20-17(21(29)26-22)12-24-27(20)18-6-4-3-5-15(18)2/h3-10,12H,11,13H2,1-2H3,(H,23,28)(H,25,26,29). The Morgan fingerprint density at radius 3 is 2.67 bits per heavy atom. The van der Waals surface area contributed by atoms with E-state index in [-0.39, 0.29) is 17.2 Å². The molecule has 30 heavy (non-hydrogen) atoms. The summed E-state index contributed by atoms with van der Waals surface area (Å²) in [4.78, 5) is 31.9. The second-order valence-electron chi connectivity index (χ2n) is 7.00. The first-order chi connectivity index (χ1) is 14.5. The molecule has 0 aliphatic carbocycles. The smallest absolute Gasteiger partial charge is 0.262 e. The van der Waals surface area contributed by atoms with Crippen LogP contribution in [0.1, 0.15) is 16.7 Å². The van der Waals surface area contributed by atoms with Crippen LogP contribution in [0.15, 0.2) is 64.7 Å². The fourth-order valence-electron chi connectivity index (χ4n) is 3.04. The number of thioether (sulfide) groups is 1. The number of aryl methyl sites for hydroxylation is 2. The molecule has 4 aromatic rings. The summed E-state index contributed by atoms with van der Waals surface area (Å²) >= 11 is 1.19. The van der Waals surface area contributed by atoms with Crippen molar-refractivity contribution >= 4 is 28.7 Å². The predicted molar refractivity (Wildman–Crippen MR) is 118 cm³/mol. The fourth-order valence-corrected chi connectivity index (χ4v) is 3.72. The van der Waals surface area contributed by atoms with Gasteiger partial charge >= 0.3 is 0 Å². The van der Waals surface area contributed by atoms with Gasteiger partial charge in [0.25, 0.3) is 5.56 Å². The summed E-state index contributed by atoms with van der Waals surface area (Å²) in [5.74, 6) is 0.0226. The average molecular weight is 420 g/mol. The highest BCUT2D eigenvalue weighted by molar-refractivity contribution is 7.99. The van der Waals surface area contributed by atoms with E-state index in [0.29, 0.717) is 22.7 Å². The highest BCUT2D eigenvalue weighted by Crippen LogP contribution is 2.19. The lowest BCUT2D eigenvalue weighted by molar-refractivity contribution is -0.118. The Kier molecular flexibility index (Phi) is 5.67. The number of carbonyl (C=O) groups is 1. The zero-order valence-corrected chi connectivity index (χ0v) is 17.5. The quantitative estimate of drug-likeness (QED) is 0.370. The Balaban J connectivity index is 1.48. The summed E-state index contributed by atoms with van der Waals surface area (Å²) in [6.45, 7) is 4.46. The van der Waals surface area contributed by atoms with Crippen molar-refractivity contribution in [2.24, 2.45) is 0 Å². The average Bonchev–Trinajstić information content (AvgIpc) is 3.16. The van der Waals surface area contributed by atoms with Crippen LogP contribution in [0.4, 0.5) is 0 Å². The third-order valence-corrected chi connectivity index (χ3v) is 5.58. The molecule has 2 heterocycles. The molecule has 7 nitrogen and oxygen atoms in total. The maximum absolute atomic E-state index is 12.4. The topological polar surface area (TPSA) is 92.7 Å². The lowest BCUT2D eigenvalue weighted by Gasteiger charge is -2.07. The van der Waals surface area contributed by atoms with E-state index < -0.39 is 0 Å². The monoisotopic (exact) mass is 419 g/mol. The summed E-state index contributed by atoms with van der Waals surface area (Å²) in [7, 11) is 0. The van der Waals surface area contributed by atoms with Crippen LogP contribution in [0.3, 0.4) is 0 Å². The second kappa shape index (κ2) is 8.54. The Bertz CT molecular complexity index is 1260. The number of nitrogens with zero attached hydrogens (tertiary/aromatic N) is 3. The summed E-state index contributed by atoms with van der Waals surface area (Å²) in [6, 6.07) is 15.8. The van der Waals surface area contributed by atoms with Crippen molar-refractivity contribution in [1.29, 1.82) is 0 Å². The number of aromatic amines is 1. The molecule has 0 saturated heterocycles. The van der Waals surface area contributed by atoms with Crippen molar-refractivity contribution in [3.05, 3.63) is 81.8 Å². The summed E-state index contributed by atoms with van der Waals surface area (Å²) < 4.78 is 1.65. The molecule has 0 bridgehead atoms. The molecule has 152 valence electrons. The van der Waals surface area contributed by atoms with Gasteiger partial charge in [-0.3, -0.25) is 9.59 Å². The number of para-hydroxylation sites is 1. The molecule has 0 saturated carbocycles. The van der Waals surface area contributed by atoms with Gasteiger partial charge in [-0.1, -0.05) is 59.8 Å². The normalized spacial score (nSPS) is 11.0. The van der Waals surface area contributed by atoms with E-state index >= 15 is 0 Å². The Morgan fingerprint density at radius 1 is 1.13 bits per heavy atom. The van der Waals surface area contributed by atoms with E-state index in [0.717, 1.165) is 16.8 Å². The first-order valence-corrected chi connectivity index (χ1v) is 10.5. The van der Waals surface area contributed by atoms with Crippen molar-refractivity contribution in [1.82, 2.24) is 25.1 Å². The number of aromatic nitrogens is 4. The van der Waals surface area contributed by atoms with Crippen LogP contribution < -0.4 is 10.9 Å². The largest absolute Gasteiger partial charge is 0.351 e. The van der Waals surface area contributed by atoms with Gasteiger partial charge in [0.15, 0.2) is 10.8 Å². The van der Waals surface area contributed by atoms with E-state index in [1.54, 1.807) is 4.68 Å². The fraction of sp³-hybridized carbons (Fsp3) is 0.182. The van der Waals surface area contributed by atoms with Gasteiger partial charge in [-0.05, 0) is 31.0 Å². The van der Waals surface area contributed by atoms with Gasteiger partial charge in [0, 0.05) is 6.54 Å². The van der Waals surface area contributed by atoms with Gasteiger partial charge in [0.2, 0.25) is 5.91 Å². The summed E-state index contributed by atoms with van der Waals surface area (Å²) in [6.07, 6.45) is 1.51. The maximum Gasteiger partial charge on any atom is 0.262 e. The highest BCUT2D eigenvalue weighted by Gasteiger charge is 2.14. The van der Waals surface area contributed by atoms with Crippen molar-refractivity contribution in [3.63, 3.8) is 0 Å². The lowest BCUT2D eigenvalue weighted by atomic mass is 10.1. The molecule has 8 heteroatoms. The first-order valence-electron chi connectivity index (χ1n) is 9.50. The third-order valence-electron chi connectivity index (χ3n) is 4.71. The molecule has 2 aromatic heterocycles. The Morgan fingerprint density at radius 2 is 1.90 bits per heavy atom. The van der Waals surface area contributed by atoms with Crippen molar-refractivity contribution in [2.75, 3.05) is 5.75 Å². The van der Waals surface area contributed by atoms with Crippen LogP contribution in [-0.4, -0.2) is 31.4 Å². The number of hydrogen-bond acceptors (Lipinski definition) is 5. The molecular formula is C22H21N5O2S. The first kappa shape index (κ1) is 19.9. The van der Waals surface area contributed by atoms with Crippen LogP contribution in [0.5, 0.6) is 0 Å². The number of hydrogen-bond donors (Lipinski definition) is 2. The molecule has 0 atom stereocenters. The zero-order chi connectivity index (χ0) is 21.1. The third kappa shape index (κ3) is 4.28. The second-order valence-corrected chi connectivity index (χ2v) is 7.97. The van der Waals surface area contributed by atoms with Crippen LogP contribution >= 0.6 is 11.8 Å². The Hall–Kier alpha value is -3.39. The number of nitrogens with one attached hydrogen (secondary N) is 2. The van der Waals surface area contributed by atoms with Crippen molar-refractivity contribution < 1.29 is 4.79 Å². The van der Waals surface area contributed by atoms with Gasteiger partial charge in [-0.25, -0.2) is 9.67 Å². The molecule has 0 fully saturated rings. The SMILES string of the molecule is Cc1ccc(CNC(=O)CSc2nc3c(cnn3-c3ccccc3C)c(=O)[nH]2)cc1. The molecular weight excluding hydrogens is 398 g/mol. The molecule has 0 unspecified atom stereocenters. The van der Waals surface area contributed by atoms with Gasteiger partial charge in [0.05, 0.1) is 17.6 Å². The molecule has 0 aliphatic heterocycles.